The van der Waals surface area contributed by atoms with Gasteiger partial charge in [0, 0.05) is 32.4 Å². The number of nitrogens with zero attached hydrogens (tertiary/aromatic N) is 3. The summed E-state index contributed by atoms with van der Waals surface area (Å²) in [6.45, 7) is 7.55. The molecule has 0 spiro atoms. The van der Waals surface area contributed by atoms with Crippen LogP contribution in [0, 0.1) is 0 Å². The van der Waals surface area contributed by atoms with Crippen LogP contribution in [0.3, 0.4) is 0 Å². The van der Waals surface area contributed by atoms with Gasteiger partial charge < -0.3 is 14.4 Å². The molecule has 98 valence electrons. The highest BCUT2D eigenvalue weighted by Crippen LogP contribution is 2.27. The summed E-state index contributed by atoms with van der Waals surface area (Å²) in [4.78, 5) is 9.18. The van der Waals surface area contributed by atoms with Gasteiger partial charge in [0.2, 0.25) is 0 Å². The van der Waals surface area contributed by atoms with Gasteiger partial charge >= 0.3 is 0 Å². The number of pyridine rings is 1. The summed E-state index contributed by atoms with van der Waals surface area (Å²) in [6.07, 6.45) is 1.83. The fraction of sp³-hybridized carbons (Fsp3) is 0.615. The van der Waals surface area contributed by atoms with E-state index in [1.165, 1.54) is 0 Å². The predicted octanol–water partition coefficient (Wildman–Crippen LogP) is 0.613. The fourth-order valence-electron chi connectivity index (χ4n) is 2.41. The molecule has 3 rings (SSSR count). The Hall–Kier alpha value is -1.33. The molecule has 5 nitrogen and oxygen atoms in total. The molecule has 0 radical (unpaired) electrons. The molecule has 5 heteroatoms. The van der Waals surface area contributed by atoms with E-state index in [-0.39, 0.29) is 0 Å². The third-order valence-corrected chi connectivity index (χ3v) is 3.46. The quantitative estimate of drug-likeness (QED) is 0.785. The van der Waals surface area contributed by atoms with E-state index in [1.54, 1.807) is 0 Å². The second kappa shape index (κ2) is 5.54. The van der Waals surface area contributed by atoms with E-state index >= 15 is 0 Å². The number of fused-ring (bicyclic) bond motifs is 1. The summed E-state index contributed by atoms with van der Waals surface area (Å²) in [5, 5.41) is 0. The maximum absolute atomic E-state index is 5.61. The van der Waals surface area contributed by atoms with Crippen molar-refractivity contribution < 1.29 is 9.47 Å². The third kappa shape index (κ3) is 2.57. The lowest BCUT2D eigenvalue weighted by atomic mass is 10.3. The van der Waals surface area contributed by atoms with Crippen LogP contribution in [-0.4, -0.2) is 62.4 Å². The van der Waals surface area contributed by atoms with E-state index in [0.29, 0.717) is 0 Å². The first-order valence-electron chi connectivity index (χ1n) is 6.56. The number of hydrogen-bond acceptors (Lipinski definition) is 5. The van der Waals surface area contributed by atoms with Crippen molar-refractivity contribution in [2.45, 2.75) is 0 Å². The maximum Gasteiger partial charge on any atom is 0.171 e. The third-order valence-electron chi connectivity index (χ3n) is 3.46. The Kier molecular flexibility index (Phi) is 3.61. The van der Waals surface area contributed by atoms with Crippen LogP contribution in [-0.2, 0) is 4.74 Å². The van der Waals surface area contributed by atoms with Crippen LogP contribution in [0.4, 0.5) is 5.82 Å². The molecular formula is C13H19N3O2. The van der Waals surface area contributed by atoms with E-state index in [9.17, 15) is 0 Å². The lowest BCUT2D eigenvalue weighted by Crippen LogP contribution is -2.43. The SMILES string of the molecule is c1cnc2c(c1)OCCN2CCN1CCOCC1. The minimum atomic E-state index is 0.752. The van der Waals surface area contributed by atoms with Crippen molar-refractivity contribution in [3.63, 3.8) is 0 Å². The lowest BCUT2D eigenvalue weighted by Gasteiger charge is -2.33. The Morgan fingerprint density at radius 3 is 2.89 bits per heavy atom. The predicted molar refractivity (Wildman–Crippen MR) is 69.2 cm³/mol. The zero-order valence-electron chi connectivity index (χ0n) is 10.5. The number of ether oxygens (including phenoxy) is 2. The lowest BCUT2D eigenvalue weighted by molar-refractivity contribution is 0.0390. The molecule has 0 bridgehead atoms. The van der Waals surface area contributed by atoms with Gasteiger partial charge in [-0.3, -0.25) is 4.90 Å². The van der Waals surface area contributed by atoms with Gasteiger partial charge in [0.15, 0.2) is 11.6 Å². The second-order valence-corrected chi connectivity index (χ2v) is 4.61. The molecule has 1 aromatic rings. The molecule has 3 heterocycles. The molecule has 0 amide bonds. The van der Waals surface area contributed by atoms with Crippen molar-refractivity contribution in [2.24, 2.45) is 0 Å². The summed E-state index contributed by atoms with van der Waals surface area (Å²) in [5.41, 5.74) is 0. The van der Waals surface area contributed by atoms with Gasteiger partial charge in [-0.1, -0.05) is 0 Å². The van der Waals surface area contributed by atoms with E-state index in [1.807, 2.05) is 18.3 Å². The molecule has 0 unspecified atom stereocenters. The van der Waals surface area contributed by atoms with Crippen molar-refractivity contribution in [3.05, 3.63) is 18.3 Å². The summed E-state index contributed by atoms with van der Waals surface area (Å²) >= 11 is 0. The van der Waals surface area contributed by atoms with Crippen molar-refractivity contribution in [3.8, 4) is 5.75 Å². The highest BCUT2D eigenvalue weighted by Gasteiger charge is 2.19. The van der Waals surface area contributed by atoms with Gasteiger partial charge in [-0.15, -0.1) is 0 Å². The smallest absolute Gasteiger partial charge is 0.171 e. The van der Waals surface area contributed by atoms with Gasteiger partial charge in [-0.2, -0.15) is 0 Å². The average molecular weight is 249 g/mol. The normalized spacial score (nSPS) is 20.3. The molecule has 0 saturated carbocycles. The molecule has 1 saturated heterocycles. The van der Waals surface area contributed by atoms with Gasteiger partial charge in [0.05, 0.1) is 19.8 Å². The first-order valence-corrected chi connectivity index (χ1v) is 6.56. The van der Waals surface area contributed by atoms with Crippen LogP contribution in [0.2, 0.25) is 0 Å². The molecule has 2 aliphatic heterocycles. The Bertz CT molecular complexity index is 394. The van der Waals surface area contributed by atoms with Crippen molar-refractivity contribution in [1.82, 2.24) is 9.88 Å². The molecule has 0 aromatic carbocycles. The van der Waals surface area contributed by atoms with Crippen LogP contribution >= 0.6 is 0 Å². The average Bonchev–Trinajstić information content (AvgIpc) is 2.46. The van der Waals surface area contributed by atoms with Crippen molar-refractivity contribution >= 4 is 5.82 Å². The van der Waals surface area contributed by atoms with Gasteiger partial charge in [0.1, 0.15) is 6.61 Å². The zero-order valence-corrected chi connectivity index (χ0v) is 10.5. The number of anilines is 1. The molecule has 0 atom stereocenters. The maximum atomic E-state index is 5.61. The van der Waals surface area contributed by atoms with E-state index in [2.05, 4.69) is 14.8 Å². The number of hydrogen-bond donors (Lipinski definition) is 0. The Balaban J connectivity index is 1.60. The Labute approximate surface area is 107 Å². The Morgan fingerprint density at radius 2 is 2.00 bits per heavy atom. The molecule has 0 N–H and O–H groups in total. The molecule has 18 heavy (non-hydrogen) atoms. The van der Waals surface area contributed by atoms with Crippen LogP contribution in [0.15, 0.2) is 18.3 Å². The van der Waals surface area contributed by atoms with Crippen molar-refractivity contribution in [2.75, 3.05) is 57.4 Å². The van der Waals surface area contributed by atoms with Gasteiger partial charge in [-0.25, -0.2) is 4.98 Å². The molecule has 1 aromatic heterocycles. The summed E-state index contributed by atoms with van der Waals surface area (Å²) in [5.74, 6) is 1.89. The first kappa shape index (κ1) is 11.7. The largest absolute Gasteiger partial charge is 0.488 e. The Morgan fingerprint density at radius 1 is 1.11 bits per heavy atom. The minimum absolute atomic E-state index is 0.752. The fourth-order valence-corrected chi connectivity index (χ4v) is 2.41. The first-order chi connectivity index (χ1) is 8.93. The highest BCUT2D eigenvalue weighted by molar-refractivity contribution is 5.53. The topological polar surface area (TPSA) is 37.8 Å². The van der Waals surface area contributed by atoms with Crippen molar-refractivity contribution in [1.29, 1.82) is 0 Å². The van der Waals surface area contributed by atoms with E-state index in [0.717, 1.165) is 64.1 Å². The second-order valence-electron chi connectivity index (χ2n) is 4.61. The summed E-state index contributed by atoms with van der Waals surface area (Å²) < 4.78 is 11.0. The number of aromatic nitrogens is 1. The number of morpholine rings is 1. The van der Waals surface area contributed by atoms with Crippen LogP contribution in [0.5, 0.6) is 5.75 Å². The van der Waals surface area contributed by atoms with E-state index < -0.39 is 0 Å². The van der Waals surface area contributed by atoms with E-state index in [4.69, 9.17) is 9.47 Å². The summed E-state index contributed by atoms with van der Waals surface area (Å²) in [7, 11) is 0. The molecule has 2 aliphatic rings. The highest BCUT2D eigenvalue weighted by atomic mass is 16.5. The molecular weight excluding hydrogens is 230 g/mol. The molecule has 1 fully saturated rings. The minimum Gasteiger partial charge on any atom is -0.488 e. The zero-order chi connectivity index (χ0) is 12.2. The van der Waals surface area contributed by atoms with Crippen LogP contribution in [0.25, 0.3) is 0 Å². The van der Waals surface area contributed by atoms with Gasteiger partial charge in [-0.05, 0) is 12.1 Å². The monoisotopic (exact) mass is 249 g/mol. The van der Waals surface area contributed by atoms with Crippen LogP contribution < -0.4 is 9.64 Å². The van der Waals surface area contributed by atoms with Gasteiger partial charge in [0.25, 0.3) is 0 Å². The molecule has 0 aliphatic carbocycles. The summed E-state index contributed by atoms with van der Waals surface area (Å²) in [6, 6.07) is 3.91. The standard InChI is InChI=1S/C13H19N3O2/c1-2-12-13(14-3-1)16(8-11-18-12)5-4-15-6-9-17-10-7-15/h1-3H,4-11H2. The van der Waals surface area contributed by atoms with Crippen LogP contribution in [0.1, 0.15) is 0 Å². The number of rotatable bonds is 3.